The Morgan fingerprint density at radius 1 is 1.28 bits per heavy atom. The summed E-state index contributed by atoms with van der Waals surface area (Å²) in [5, 5.41) is 4.73. The minimum Gasteiger partial charge on any atom is -0.368 e. The summed E-state index contributed by atoms with van der Waals surface area (Å²) >= 11 is 6.07. The van der Waals surface area contributed by atoms with Gasteiger partial charge in [0.15, 0.2) is 10.8 Å². The van der Waals surface area contributed by atoms with Crippen LogP contribution in [-0.2, 0) is 0 Å². The number of hydrogen-bond donors (Lipinski definition) is 0. The van der Waals surface area contributed by atoms with Gasteiger partial charge in [-0.3, -0.25) is 0 Å². The third-order valence-corrected chi connectivity index (χ3v) is 3.95. The van der Waals surface area contributed by atoms with Gasteiger partial charge in [0.1, 0.15) is 0 Å². The van der Waals surface area contributed by atoms with Crippen LogP contribution in [0.3, 0.4) is 0 Å². The minimum absolute atomic E-state index is 0.443. The molecule has 0 aliphatic carbocycles. The lowest BCUT2D eigenvalue weighted by Gasteiger charge is -2.38. The Balaban J connectivity index is 1.97. The minimum atomic E-state index is 0.443. The zero-order chi connectivity index (χ0) is 12.8. The van der Waals surface area contributed by atoms with E-state index in [1.165, 1.54) is 12.8 Å². The summed E-state index contributed by atoms with van der Waals surface area (Å²) in [6.45, 7) is 6.76. The van der Waals surface area contributed by atoms with Crippen molar-refractivity contribution in [1.29, 1.82) is 0 Å². The van der Waals surface area contributed by atoms with Crippen LogP contribution in [0.25, 0.3) is 5.65 Å². The number of rotatable bonds is 1. The van der Waals surface area contributed by atoms with Crippen molar-refractivity contribution < 1.29 is 0 Å². The van der Waals surface area contributed by atoms with E-state index in [4.69, 9.17) is 11.6 Å². The van der Waals surface area contributed by atoms with E-state index >= 15 is 0 Å². The van der Waals surface area contributed by atoms with Crippen molar-refractivity contribution in [2.45, 2.75) is 26.7 Å². The van der Waals surface area contributed by atoms with Crippen molar-refractivity contribution in [2.24, 2.45) is 5.41 Å². The molecule has 0 saturated carbocycles. The SMILES string of the molecule is CC1(C)CCN(c2cc(Cl)nn3ccnc23)CC1. The molecular weight excluding hydrogens is 248 g/mol. The molecule has 1 fully saturated rings. The maximum Gasteiger partial charge on any atom is 0.177 e. The Morgan fingerprint density at radius 3 is 2.72 bits per heavy atom. The van der Waals surface area contributed by atoms with Gasteiger partial charge in [-0.05, 0) is 18.3 Å². The first-order chi connectivity index (χ1) is 8.55. The quantitative estimate of drug-likeness (QED) is 0.794. The lowest BCUT2D eigenvalue weighted by molar-refractivity contribution is 0.280. The average molecular weight is 265 g/mol. The first-order valence-electron chi connectivity index (χ1n) is 6.30. The van der Waals surface area contributed by atoms with Crippen LogP contribution in [0.15, 0.2) is 18.5 Å². The fraction of sp³-hybridized carbons (Fsp3) is 0.538. The molecule has 18 heavy (non-hydrogen) atoms. The van der Waals surface area contributed by atoms with Crippen LogP contribution in [0.5, 0.6) is 0 Å². The third kappa shape index (κ3) is 2.05. The van der Waals surface area contributed by atoms with Gasteiger partial charge in [-0.2, -0.15) is 5.10 Å². The van der Waals surface area contributed by atoms with Gasteiger partial charge in [-0.15, -0.1) is 0 Å². The van der Waals surface area contributed by atoms with E-state index in [0.29, 0.717) is 10.6 Å². The van der Waals surface area contributed by atoms with Gasteiger partial charge in [-0.25, -0.2) is 9.50 Å². The number of nitrogens with zero attached hydrogens (tertiary/aromatic N) is 4. The van der Waals surface area contributed by atoms with Crippen molar-refractivity contribution in [3.8, 4) is 0 Å². The van der Waals surface area contributed by atoms with E-state index < -0.39 is 0 Å². The van der Waals surface area contributed by atoms with E-state index in [2.05, 4.69) is 28.8 Å². The van der Waals surface area contributed by atoms with Gasteiger partial charge in [0, 0.05) is 31.5 Å². The van der Waals surface area contributed by atoms with E-state index in [0.717, 1.165) is 24.4 Å². The Kier molecular flexibility index (Phi) is 2.70. The molecule has 2 aromatic rings. The first kappa shape index (κ1) is 11.8. The normalized spacial score (nSPS) is 19.4. The molecule has 3 heterocycles. The summed E-state index contributed by atoms with van der Waals surface area (Å²) in [4.78, 5) is 6.73. The molecule has 3 rings (SSSR count). The Labute approximate surface area is 112 Å². The van der Waals surface area contributed by atoms with E-state index in [1.807, 2.05) is 12.3 Å². The van der Waals surface area contributed by atoms with E-state index in [1.54, 1.807) is 10.7 Å². The monoisotopic (exact) mass is 264 g/mol. The number of anilines is 1. The molecule has 0 atom stereocenters. The van der Waals surface area contributed by atoms with Gasteiger partial charge in [0.05, 0.1) is 5.69 Å². The highest BCUT2D eigenvalue weighted by Crippen LogP contribution is 2.33. The third-order valence-electron chi connectivity index (χ3n) is 3.77. The molecule has 0 N–H and O–H groups in total. The molecule has 0 amide bonds. The van der Waals surface area contributed by atoms with Gasteiger partial charge in [0.25, 0.3) is 0 Å². The van der Waals surface area contributed by atoms with Crippen LogP contribution in [-0.4, -0.2) is 27.7 Å². The average Bonchev–Trinajstić information content (AvgIpc) is 2.76. The first-order valence-corrected chi connectivity index (χ1v) is 6.68. The van der Waals surface area contributed by atoms with Crippen molar-refractivity contribution in [3.63, 3.8) is 0 Å². The fourth-order valence-electron chi connectivity index (χ4n) is 2.46. The van der Waals surface area contributed by atoms with Crippen LogP contribution < -0.4 is 4.90 Å². The largest absolute Gasteiger partial charge is 0.368 e. The highest BCUT2D eigenvalue weighted by atomic mass is 35.5. The van der Waals surface area contributed by atoms with Crippen molar-refractivity contribution >= 4 is 22.9 Å². The van der Waals surface area contributed by atoms with Crippen LogP contribution in [0, 0.1) is 5.41 Å². The van der Waals surface area contributed by atoms with Crippen molar-refractivity contribution in [1.82, 2.24) is 14.6 Å². The molecule has 5 heteroatoms. The molecule has 0 spiro atoms. The summed E-state index contributed by atoms with van der Waals surface area (Å²) in [5.74, 6) is 0. The zero-order valence-electron chi connectivity index (χ0n) is 10.7. The van der Waals surface area contributed by atoms with Crippen LogP contribution in [0.1, 0.15) is 26.7 Å². The van der Waals surface area contributed by atoms with Gasteiger partial charge in [0.2, 0.25) is 0 Å². The number of aromatic nitrogens is 3. The van der Waals surface area contributed by atoms with Gasteiger partial charge in [-0.1, -0.05) is 25.4 Å². The smallest absolute Gasteiger partial charge is 0.177 e. The number of piperidine rings is 1. The Bertz CT molecular complexity index is 565. The molecule has 0 bridgehead atoms. The molecule has 1 aliphatic heterocycles. The second-order valence-electron chi connectivity index (χ2n) is 5.70. The maximum absolute atomic E-state index is 6.07. The standard InChI is InChI=1S/C13H17ClN4/c1-13(2)3-6-17(7-4-13)10-9-11(14)16-18-8-5-15-12(10)18/h5,8-9H,3-4,6-7H2,1-2H3. The molecule has 96 valence electrons. The topological polar surface area (TPSA) is 33.4 Å². The molecule has 0 unspecified atom stereocenters. The summed E-state index contributed by atoms with van der Waals surface area (Å²) in [7, 11) is 0. The zero-order valence-corrected chi connectivity index (χ0v) is 11.5. The molecule has 0 radical (unpaired) electrons. The van der Waals surface area contributed by atoms with Gasteiger partial charge < -0.3 is 4.90 Å². The maximum atomic E-state index is 6.07. The van der Waals surface area contributed by atoms with Crippen LogP contribution >= 0.6 is 11.6 Å². The lowest BCUT2D eigenvalue weighted by Crippen LogP contribution is -2.37. The second kappa shape index (κ2) is 4.12. The molecule has 0 aromatic carbocycles. The summed E-state index contributed by atoms with van der Waals surface area (Å²) in [5.41, 5.74) is 2.42. The van der Waals surface area contributed by atoms with Crippen LogP contribution in [0.2, 0.25) is 5.15 Å². The summed E-state index contributed by atoms with van der Waals surface area (Å²) in [6, 6.07) is 1.92. The van der Waals surface area contributed by atoms with E-state index in [-0.39, 0.29) is 0 Å². The molecular formula is C13H17ClN4. The number of imidazole rings is 1. The summed E-state index contributed by atoms with van der Waals surface area (Å²) < 4.78 is 1.75. The molecule has 2 aromatic heterocycles. The summed E-state index contributed by atoms with van der Waals surface area (Å²) in [6.07, 6.45) is 5.98. The Morgan fingerprint density at radius 2 is 2.00 bits per heavy atom. The highest BCUT2D eigenvalue weighted by molar-refractivity contribution is 6.29. The van der Waals surface area contributed by atoms with Gasteiger partial charge >= 0.3 is 0 Å². The second-order valence-corrected chi connectivity index (χ2v) is 6.09. The molecule has 4 nitrogen and oxygen atoms in total. The number of fused-ring (bicyclic) bond motifs is 1. The van der Waals surface area contributed by atoms with Crippen molar-refractivity contribution in [3.05, 3.63) is 23.6 Å². The molecule has 1 saturated heterocycles. The Hall–Kier alpha value is -1.29. The van der Waals surface area contributed by atoms with Crippen molar-refractivity contribution in [2.75, 3.05) is 18.0 Å². The highest BCUT2D eigenvalue weighted by Gasteiger charge is 2.26. The predicted molar refractivity (Wildman–Crippen MR) is 73.2 cm³/mol. The molecule has 1 aliphatic rings. The van der Waals surface area contributed by atoms with Crippen LogP contribution in [0.4, 0.5) is 5.69 Å². The number of halogens is 1. The fourth-order valence-corrected chi connectivity index (χ4v) is 2.64. The number of hydrogen-bond acceptors (Lipinski definition) is 3. The lowest BCUT2D eigenvalue weighted by atomic mass is 9.82. The van der Waals surface area contributed by atoms with E-state index in [9.17, 15) is 0 Å². The predicted octanol–water partition coefficient (Wildman–Crippen LogP) is 3.01.